The van der Waals surface area contributed by atoms with E-state index in [2.05, 4.69) is 4.90 Å². The van der Waals surface area contributed by atoms with Crippen molar-refractivity contribution >= 4 is 28.7 Å². The first-order valence-electron chi connectivity index (χ1n) is 7.22. The summed E-state index contributed by atoms with van der Waals surface area (Å²) in [6.45, 7) is 4.45. The number of benzene rings is 1. The van der Waals surface area contributed by atoms with E-state index in [4.69, 9.17) is 16.3 Å². The normalized spacial score (nSPS) is 19.1. The molecule has 1 aromatic carbocycles. The number of nitrogens with zero attached hydrogens (tertiary/aromatic N) is 3. The Balaban J connectivity index is 2.01. The van der Waals surface area contributed by atoms with Gasteiger partial charge >= 0.3 is 0 Å². The minimum Gasteiger partial charge on any atom is -0.378 e. The molecule has 2 heterocycles. The summed E-state index contributed by atoms with van der Waals surface area (Å²) in [4.78, 5) is 15.2. The molecule has 2 fully saturated rings. The molecule has 6 nitrogen and oxygen atoms in total. The number of nitro benzene ring substituents is 1. The van der Waals surface area contributed by atoms with E-state index in [0.717, 1.165) is 31.6 Å². The van der Waals surface area contributed by atoms with E-state index in [1.165, 1.54) is 6.07 Å². The van der Waals surface area contributed by atoms with Crippen LogP contribution in [0.4, 0.5) is 17.1 Å². The standard InChI is InChI=1S/C14H18ClN3O3/c15-11-9-14(18(19)20)13(17-5-7-21-8-6-17)10-12(11)16-3-1-2-4-16/h9-10H,1-8H2. The summed E-state index contributed by atoms with van der Waals surface area (Å²) in [5.41, 5.74) is 1.63. The average Bonchev–Trinajstić information content (AvgIpc) is 3.01. The number of morpholine rings is 1. The van der Waals surface area contributed by atoms with Crippen LogP contribution in [0, 0.1) is 10.1 Å². The van der Waals surface area contributed by atoms with Crippen molar-refractivity contribution < 1.29 is 9.66 Å². The van der Waals surface area contributed by atoms with Crippen LogP contribution < -0.4 is 9.80 Å². The third kappa shape index (κ3) is 2.91. The summed E-state index contributed by atoms with van der Waals surface area (Å²) in [7, 11) is 0. The predicted octanol–water partition coefficient (Wildman–Crippen LogP) is 2.69. The van der Waals surface area contributed by atoms with E-state index in [1.54, 1.807) is 0 Å². The molecule has 0 amide bonds. The summed E-state index contributed by atoms with van der Waals surface area (Å²) in [6, 6.07) is 3.36. The second kappa shape index (κ2) is 6.07. The average molecular weight is 312 g/mol. The van der Waals surface area contributed by atoms with Gasteiger partial charge in [0.15, 0.2) is 0 Å². The lowest BCUT2D eigenvalue weighted by atomic mass is 10.2. The monoisotopic (exact) mass is 311 g/mol. The van der Waals surface area contributed by atoms with Gasteiger partial charge in [-0.15, -0.1) is 0 Å². The molecule has 0 saturated carbocycles. The van der Waals surface area contributed by atoms with Crippen LogP contribution >= 0.6 is 11.6 Å². The molecule has 0 unspecified atom stereocenters. The van der Waals surface area contributed by atoms with Gasteiger partial charge < -0.3 is 14.5 Å². The molecule has 2 aliphatic heterocycles. The van der Waals surface area contributed by atoms with Gasteiger partial charge in [0.2, 0.25) is 0 Å². The lowest BCUT2D eigenvalue weighted by Crippen LogP contribution is -2.36. The maximum absolute atomic E-state index is 11.3. The molecule has 114 valence electrons. The second-order valence-electron chi connectivity index (χ2n) is 5.34. The molecular weight excluding hydrogens is 294 g/mol. The number of rotatable bonds is 3. The van der Waals surface area contributed by atoms with E-state index in [9.17, 15) is 10.1 Å². The first-order valence-corrected chi connectivity index (χ1v) is 7.60. The van der Waals surface area contributed by atoms with Gasteiger partial charge in [-0.3, -0.25) is 10.1 Å². The quantitative estimate of drug-likeness (QED) is 0.634. The zero-order valence-corrected chi connectivity index (χ0v) is 12.5. The minimum atomic E-state index is -0.357. The number of nitro groups is 1. The fraction of sp³-hybridized carbons (Fsp3) is 0.571. The molecule has 0 bridgehead atoms. The van der Waals surface area contributed by atoms with Gasteiger partial charge in [-0.05, 0) is 18.9 Å². The van der Waals surface area contributed by atoms with Crippen LogP contribution in [0.2, 0.25) is 5.02 Å². The summed E-state index contributed by atoms with van der Waals surface area (Å²) in [5.74, 6) is 0. The molecule has 21 heavy (non-hydrogen) atoms. The molecule has 2 aliphatic rings. The third-order valence-electron chi connectivity index (χ3n) is 4.04. The van der Waals surface area contributed by atoms with Crippen LogP contribution in [0.25, 0.3) is 0 Å². The van der Waals surface area contributed by atoms with E-state index in [1.807, 2.05) is 11.0 Å². The fourth-order valence-electron chi connectivity index (χ4n) is 2.94. The molecule has 3 rings (SSSR count). The van der Waals surface area contributed by atoms with Crippen molar-refractivity contribution in [2.75, 3.05) is 49.2 Å². The molecule has 0 radical (unpaired) electrons. The van der Waals surface area contributed by atoms with Crippen molar-refractivity contribution in [3.8, 4) is 0 Å². The SMILES string of the molecule is O=[N+]([O-])c1cc(Cl)c(N2CCCC2)cc1N1CCOCC1. The number of ether oxygens (including phenoxy) is 1. The third-order valence-corrected chi connectivity index (χ3v) is 4.34. The molecule has 0 aliphatic carbocycles. The second-order valence-corrected chi connectivity index (χ2v) is 5.75. The van der Waals surface area contributed by atoms with Crippen molar-refractivity contribution in [2.24, 2.45) is 0 Å². The summed E-state index contributed by atoms with van der Waals surface area (Å²) in [6.07, 6.45) is 2.28. The van der Waals surface area contributed by atoms with Gasteiger partial charge in [-0.25, -0.2) is 0 Å². The van der Waals surface area contributed by atoms with E-state index in [0.29, 0.717) is 37.0 Å². The Morgan fingerprint density at radius 1 is 1.05 bits per heavy atom. The summed E-state index contributed by atoms with van der Waals surface area (Å²) in [5, 5.41) is 11.8. The van der Waals surface area contributed by atoms with Crippen molar-refractivity contribution in [1.82, 2.24) is 0 Å². The largest absolute Gasteiger partial charge is 0.378 e. The molecule has 0 atom stereocenters. The number of anilines is 2. The minimum absolute atomic E-state index is 0.0739. The van der Waals surface area contributed by atoms with Crippen LogP contribution in [0.15, 0.2) is 12.1 Å². The van der Waals surface area contributed by atoms with Crippen molar-refractivity contribution in [3.63, 3.8) is 0 Å². The van der Waals surface area contributed by atoms with E-state index in [-0.39, 0.29) is 10.6 Å². The highest BCUT2D eigenvalue weighted by atomic mass is 35.5. The Kier molecular flexibility index (Phi) is 4.17. The Morgan fingerprint density at radius 3 is 2.29 bits per heavy atom. The van der Waals surface area contributed by atoms with Gasteiger partial charge in [-0.2, -0.15) is 0 Å². The van der Waals surface area contributed by atoms with Crippen LogP contribution in [-0.4, -0.2) is 44.3 Å². The van der Waals surface area contributed by atoms with Crippen molar-refractivity contribution in [2.45, 2.75) is 12.8 Å². The zero-order chi connectivity index (χ0) is 14.8. The number of hydrogen-bond donors (Lipinski definition) is 0. The molecule has 2 saturated heterocycles. The summed E-state index contributed by atoms with van der Waals surface area (Å²) >= 11 is 6.28. The first-order chi connectivity index (χ1) is 10.2. The highest BCUT2D eigenvalue weighted by molar-refractivity contribution is 6.33. The van der Waals surface area contributed by atoms with Gasteiger partial charge in [0.05, 0.1) is 28.8 Å². The molecule has 0 spiro atoms. The van der Waals surface area contributed by atoms with Crippen LogP contribution in [-0.2, 0) is 4.74 Å². The van der Waals surface area contributed by atoms with Gasteiger partial charge in [0.1, 0.15) is 5.69 Å². The van der Waals surface area contributed by atoms with Crippen molar-refractivity contribution in [3.05, 3.63) is 27.3 Å². The van der Waals surface area contributed by atoms with E-state index < -0.39 is 0 Å². The fourth-order valence-corrected chi connectivity index (χ4v) is 3.22. The summed E-state index contributed by atoms with van der Waals surface area (Å²) < 4.78 is 5.33. The molecule has 1 aromatic rings. The Labute approximate surface area is 128 Å². The van der Waals surface area contributed by atoms with Crippen LogP contribution in [0.1, 0.15) is 12.8 Å². The molecule has 0 aromatic heterocycles. The topological polar surface area (TPSA) is 58.9 Å². The maximum Gasteiger partial charge on any atom is 0.294 e. The Bertz CT molecular complexity index is 541. The maximum atomic E-state index is 11.3. The highest BCUT2D eigenvalue weighted by Gasteiger charge is 2.26. The molecule has 0 N–H and O–H groups in total. The zero-order valence-electron chi connectivity index (χ0n) is 11.8. The lowest BCUT2D eigenvalue weighted by molar-refractivity contribution is -0.384. The number of halogens is 1. The van der Waals surface area contributed by atoms with Gasteiger partial charge in [0, 0.05) is 32.2 Å². The van der Waals surface area contributed by atoms with Gasteiger partial charge in [-0.1, -0.05) is 11.6 Å². The predicted molar refractivity (Wildman–Crippen MR) is 82.6 cm³/mol. The van der Waals surface area contributed by atoms with E-state index >= 15 is 0 Å². The van der Waals surface area contributed by atoms with Crippen LogP contribution in [0.3, 0.4) is 0 Å². The number of hydrogen-bond acceptors (Lipinski definition) is 5. The van der Waals surface area contributed by atoms with Gasteiger partial charge in [0.25, 0.3) is 5.69 Å². The van der Waals surface area contributed by atoms with Crippen LogP contribution in [0.5, 0.6) is 0 Å². The highest BCUT2D eigenvalue weighted by Crippen LogP contribution is 2.39. The lowest BCUT2D eigenvalue weighted by Gasteiger charge is -2.30. The Morgan fingerprint density at radius 2 is 1.67 bits per heavy atom. The first kappa shape index (κ1) is 14.4. The van der Waals surface area contributed by atoms with Crippen molar-refractivity contribution in [1.29, 1.82) is 0 Å². The molecule has 7 heteroatoms. The Hall–Kier alpha value is -1.53. The molecular formula is C14H18ClN3O3. The smallest absolute Gasteiger partial charge is 0.294 e.